The zero-order valence-electron chi connectivity index (χ0n) is 9.97. The maximum Gasteiger partial charge on any atom is 0.0187 e. The van der Waals surface area contributed by atoms with Crippen molar-refractivity contribution < 1.29 is 0 Å². The molecule has 2 fully saturated rings. The third kappa shape index (κ3) is 3.40. The van der Waals surface area contributed by atoms with Crippen LogP contribution in [0.25, 0.3) is 0 Å². The molecule has 0 aliphatic carbocycles. The Bertz CT molecular complexity index is 331. The Kier molecular flexibility index (Phi) is 4.78. The lowest BCUT2D eigenvalue weighted by atomic mass is 10.1. The molecule has 1 N–H and O–H groups in total. The smallest absolute Gasteiger partial charge is 0.0187 e. The highest BCUT2D eigenvalue weighted by Gasteiger charge is 2.33. The van der Waals surface area contributed by atoms with Crippen molar-refractivity contribution in [1.29, 1.82) is 0 Å². The van der Waals surface area contributed by atoms with Gasteiger partial charge >= 0.3 is 0 Å². The molecule has 0 spiro atoms. The van der Waals surface area contributed by atoms with Crippen LogP contribution in [0.5, 0.6) is 0 Å². The lowest BCUT2D eigenvalue weighted by Gasteiger charge is -2.28. The van der Waals surface area contributed by atoms with Gasteiger partial charge in [0.05, 0.1) is 0 Å². The van der Waals surface area contributed by atoms with Gasteiger partial charge in [0.15, 0.2) is 0 Å². The lowest BCUT2D eigenvalue weighted by Crippen LogP contribution is -2.39. The molecule has 3 rings (SSSR count). The first-order chi connectivity index (χ1) is 7.90. The minimum atomic E-state index is 0. The van der Waals surface area contributed by atoms with Gasteiger partial charge in [-0.1, -0.05) is 30.3 Å². The predicted molar refractivity (Wildman–Crippen MR) is 78.0 cm³/mol. The Labute approximate surface area is 114 Å². The van der Waals surface area contributed by atoms with Crippen LogP contribution in [0.15, 0.2) is 30.3 Å². The molecule has 2 atom stereocenters. The zero-order valence-corrected chi connectivity index (χ0v) is 11.6. The molecule has 0 aromatic heterocycles. The topological polar surface area (TPSA) is 12.0 Å². The number of hydrogen-bond acceptors (Lipinski definition) is 2. The summed E-state index contributed by atoms with van der Waals surface area (Å²) < 4.78 is 0. The fourth-order valence-corrected chi connectivity index (χ4v) is 4.29. The summed E-state index contributed by atoms with van der Waals surface area (Å²) in [7, 11) is 0. The average molecular weight is 270 g/mol. The maximum atomic E-state index is 3.71. The molecule has 2 bridgehead atoms. The highest BCUT2D eigenvalue weighted by atomic mass is 35.5. The minimum Gasteiger partial charge on any atom is -0.311 e. The van der Waals surface area contributed by atoms with E-state index in [4.69, 9.17) is 0 Å². The average Bonchev–Trinajstić information content (AvgIpc) is 2.67. The van der Waals surface area contributed by atoms with Gasteiger partial charge in [0, 0.05) is 23.1 Å². The first kappa shape index (κ1) is 13.3. The van der Waals surface area contributed by atoms with Crippen molar-refractivity contribution in [3.63, 3.8) is 0 Å². The number of fused-ring (bicyclic) bond motifs is 2. The van der Waals surface area contributed by atoms with Crippen molar-refractivity contribution in [3.05, 3.63) is 35.9 Å². The van der Waals surface area contributed by atoms with Crippen LogP contribution in [-0.4, -0.2) is 17.3 Å². The van der Waals surface area contributed by atoms with Gasteiger partial charge in [-0.2, -0.15) is 11.8 Å². The Morgan fingerprint density at radius 2 is 1.71 bits per heavy atom. The number of rotatable bonds is 3. The van der Waals surface area contributed by atoms with Gasteiger partial charge in [0.2, 0.25) is 0 Å². The van der Waals surface area contributed by atoms with Crippen molar-refractivity contribution in [1.82, 2.24) is 5.32 Å². The van der Waals surface area contributed by atoms with E-state index in [1.807, 2.05) is 0 Å². The summed E-state index contributed by atoms with van der Waals surface area (Å²) in [6, 6.07) is 12.5. The number of thioether (sulfide) groups is 1. The Morgan fingerprint density at radius 1 is 1.06 bits per heavy atom. The SMILES string of the molecule is Cl.c1ccc(CSC2CC3CCC(C2)N3)cc1. The molecule has 2 aliphatic rings. The second kappa shape index (κ2) is 6.12. The molecule has 1 aromatic rings. The molecular weight excluding hydrogens is 250 g/mol. The van der Waals surface area contributed by atoms with E-state index in [-0.39, 0.29) is 12.4 Å². The minimum absolute atomic E-state index is 0. The van der Waals surface area contributed by atoms with Crippen LogP contribution in [0, 0.1) is 0 Å². The summed E-state index contributed by atoms with van der Waals surface area (Å²) >= 11 is 2.16. The number of piperidine rings is 1. The van der Waals surface area contributed by atoms with Crippen LogP contribution in [0.4, 0.5) is 0 Å². The highest BCUT2D eigenvalue weighted by molar-refractivity contribution is 7.99. The third-order valence-electron chi connectivity index (χ3n) is 3.76. The van der Waals surface area contributed by atoms with E-state index in [0.717, 1.165) is 17.3 Å². The van der Waals surface area contributed by atoms with E-state index in [2.05, 4.69) is 47.4 Å². The monoisotopic (exact) mass is 269 g/mol. The highest BCUT2D eigenvalue weighted by Crippen LogP contribution is 2.34. The molecule has 0 saturated carbocycles. The molecule has 0 radical (unpaired) electrons. The normalized spacial score (nSPS) is 30.9. The van der Waals surface area contributed by atoms with Gasteiger partial charge in [0.1, 0.15) is 0 Å². The molecule has 3 heteroatoms. The molecule has 2 unspecified atom stereocenters. The predicted octanol–water partition coefficient (Wildman–Crippen LogP) is 3.62. The summed E-state index contributed by atoms with van der Waals surface area (Å²) in [5, 5.41) is 4.59. The zero-order chi connectivity index (χ0) is 10.8. The van der Waals surface area contributed by atoms with E-state index < -0.39 is 0 Å². The Balaban J connectivity index is 0.00000108. The summed E-state index contributed by atoms with van der Waals surface area (Å²) in [6.07, 6.45) is 5.59. The maximum absolute atomic E-state index is 3.71. The van der Waals surface area contributed by atoms with Crippen LogP contribution in [0.3, 0.4) is 0 Å². The second-order valence-electron chi connectivity index (χ2n) is 5.03. The molecule has 17 heavy (non-hydrogen) atoms. The second-order valence-corrected chi connectivity index (χ2v) is 6.32. The van der Waals surface area contributed by atoms with Crippen LogP contribution in [-0.2, 0) is 5.75 Å². The summed E-state index contributed by atoms with van der Waals surface area (Å²) in [5.41, 5.74) is 1.47. The lowest BCUT2D eigenvalue weighted by molar-refractivity contribution is 0.415. The summed E-state index contributed by atoms with van der Waals surface area (Å²) in [4.78, 5) is 0. The van der Waals surface area contributed by atoms with Crippen LogP contribution in [0.2, 0.25) is 0 Å². The first-order valence-electron chi connectivity index (χ1n) is 6.32. The fraction of sp³-hybridized carbons (Fsp3) is 0.571. The van der Waals surface area contributed by atoms with Crippen molar-refractivity contribution >= 4 is 24.2 Å². The summed E-state index contributed by atoms with van der Waals surface area (Å²) in [5.74, 6) is 1.19. The van der Waals surface area contributed by atoms with Crippen LogP contribution in [0.1, 0.15) is 31.2 Å². The van der Waals surface area contributed by atoms with E-state index in [9.17, 15) is 0 Å². The molecule has 0 amide bonds. The van der Waals surface area contributed by atoms with Gasteiger partial charge < -0.3 is 5.32 Å². The van der Waals surface area contributed by atoms with Crippen molar-refractivity contribution in [2.24, 2.45) is 0 Å². The van der Waals surface area contributed by atoms with E-state index in [1.54, 1.807) is 0 Å². The first-order valence-corrected chi connectivity index (χ1v) is 7.36. The van der Waals surface area contributed by atoms with Gasteiger partial charge in [-0.15, -0.1) is 12.4 Å². The van der Waals surface area contributed by atoms with E-state index in [1.165, 1.54) is 37.0 Å². The number of halogens is 1. The van der Waals surface area contributed by atoms with Gasteiger partial charge in [0.25, 0.3) is 0 Å². The molecule has 1 aromatic carbocycles. The van der Waals surface area contributed by atoms with E-state index >= 15 is 0 Å². The molecule has 2 saturated heterocycles. The number of nitrogens with one attached hydrogen (secondary N) is 1. The molecule has 2 heterocycles. The standard InChI is InChI=1S/C14H19NS.ClH/c1-2-4-11(5-3-1)10-16-14-8-12-6-7-13(9-14)15-12;/h1-5,12-15H,6-10H2;1H. The molecule has 94 valence electrons. The van der Waals surface area contributed by atoms with Gasteiger partial charge in [-0.3, -0.25) is 0 Å². The molecule has 2 aliphatic heterocycles. The third-order valence-corrected chi connectivity index (χ3v) is 5.11. The van der Waals surface area contributed by atoms with Crippen LogP contribution < -0.4 is 5.32 Å². The molecule has 1 nitrogen and oxygen atoms in total. The van der Waals surface area contributed by atoms with Crippen molar-refractivity contribution in [3.8, 4) is 0 Å². The number of hydrogen-bond donors (Lipinski definition) is 1. The quantitative estimate of drug-likeness (QED) is 0.899. The van der Waals surface area contributed by atoms with Crippen molar-refractivity contribution in [2.45, 2.75) is 48.8 Å². The van der Waals surface area contributed by atoms with Gasteiger partial charge in [-0.05, 0) is 31.2 Å². The summed E-state index contributed by atoms with van der Waals surface area (Å²) in [6.45, 7) is 0. The fourth-order valence-electron chi connectivity index (χ4n) is 2.93. The largest absolute Gasteiger partial charge is 0.311 e. The number of benzene rings is 1. The Hall–Kier alpha value is -0.180. The van der Waals surface area contributed by atoms with Crippen LogP contribution >= 0.6 is 24.2 Å². The molecular formula is C14H20ClNS. The Morgan fingerprint density at radius 3 is 2.35 bits per heavy atom. The van der Waals surface area contributed by atoms with E-state index in [0.29, 0.717) is 0 Å². The van der Waals surface area contributed by atoms with Gasteiger partial charge in [-0.25, -0.2) is 0 Å². The van der Waals surface area contributed by atoms with Crippen molar-refractivity contribution in [2.75, 3.05) is 0 Å².